The molecule has 0 aliphatic carbocycles. The number of halogens is 1. The van der Waals surface area contributed by atoms with Crippen LogP contribution < -0.4 is 4.90 Å². The number of rotatable bonds is 5. The topological polar surface area (TPSA) is 60.9 Å². The fraction of sp³-hybridized carbons (Fsp3) is 0.467. The van der Waals surface area contributed by atoms with Crippen molar-refractivity contribution in [3.05, 3.63) is 29.3 Å². The maximum Gasteiger partial charge on any atom is 0.325 e. The number of aliphatic carboxylic acids is 1. The molecule has 0 aliphatic rings. The van der Waals surface area contributed by atoms with Crippen LogP contribution in [0.5, 0.6) is 0 Å². The van der Waals surface area contributed by atoms with Gasteiger partial charge in [0, 0.05) is 23.3 Å². The number of amides is 2. The SMILES string of the molecule is CCC(C)(C)N(C)C(=O)N(CC(=O)O)c1ccc(Cl)cc1. The Balaban J connectivity index is 3.10. The van der Waals surface area contributed by atoms with Gasteiger partial charge in [0.05, 0.1) is 0 Å². The molecule has 116 valence electrons. The second kappa shape index (κ2) is 6.80. The lowest BCUT2D eigenvalue weighted by atomic mass is 10.0. The summed E-state index contributed by atoms with van der Waals surface area (Å²) in [5, 5.41) is 9.58. The fourth-order valence-corrected chi connectivity index (χ4v) is 1.83. The number of carbonyl (C=O) groups excluding carboxylic acids is 1. The van der Waals surface area contributed by atoms with Crippen molar-refractivity contribution in [2.45, 2.75) is 32.7 Å². The third-order valence-electron chi connectivity index (χ3n) is 3.72. The summed E-state index contributed by atoms with van der Waals surface area (Å²) in [5.41, 5.74) is 0.144. The molecule has 0 aromatic heterocycles. The highest BCUT2D eigenvalue weighted by molar-refractivity contribution is 6.30. The third kappa shape index (κ3) is 4.36. The van der Waals surface area contributed by atoms with Gasteiger partial charge in [-0.2, -0.15) is 0 Å². The highest BCUT2D eigenvalue weighted by Crippen LogP contribution is 2.23. The largest absolute Gasteiger partial charge is 0.480 e. The van der Waals surface area contributed by atoms with Gasteiger partial charge in [-0.05, 0) is 44.5 Å². The van der Waals surface area contributed by atoms with E-state index in [0.29, 0.717) is 10.7 Å². The average molecular weight is 313 g/mol. The van der Waals surface area contributed by atoms with Gasteiger partial charge in [-0.25, -0.2) is 4.79 Å². The van der Waals surface area contributed by atoms with Gasteiger partial charge in [0.15, 0.2) is 0 Å². The molecular weight excluding hydrogens is 292 g/mol. The van der Waals surface area contributed by atoms with E-state index in [1.807, 2.05) is 20.8 Å². The Hall–Kier alpha value is -1.75. The molecule has 1 aromatic carbocycles. The van der Waals surface area contributed by atoms with Crippen LogP contribution in [0.3, 0.4) is 0 Å². The zero-order valence-electron chi connectivity index (χ0n) is 12.8. The number of hydrogen-bond donors (Lipinski definition) is 1. The summed E-state index contributed by atoms with van der Waals surface area (Å²) >= 11 is 5.83. The molecule has 1 N–H and O–H groups in total. The first-order valence-electron chi connectivity index (χ1n) is 6.71. The second-order valence-corrected chi connectivity index (χ2v) is 5.90. The van der Waals surface area contributed by atoms with Crippen molar-refractivity contribution in [2.24, 2.45) is 0 Å². The zero-order chi connectivity index (χ0) is 16.2. The molecule has 0 spiro atoms. The van der Waals surface area contributed by atoms with Crippen LogP contribution >= 0.6 is 11.6 Å². The van der Waals surface area contributed by atoms with E-state index < -0.39 is 12.5 Å². The van der Waals surface area contributed by atoms with Crippen LogP contribution in [-0.4, -0.2) is 41.1 Å². The summed E-state index contributed by atoms with van der Waals surface area (Å²) in [6.45, 7) is 5.45. The first-order valence-corrected chi connectivity index (χ1v) is 7.09. The first kappa shape index (κ1) is 17.3. The molecule has 0 heterocycles. The predicted molar refractivity (Wildman–Crippen MR) is 84.0 cm³/mol. The van der Waals surface area contributed by atoms with E-state index in [9.17, 15) is 9.59 Å². The summed E-state index contributed by atoms with van der Waals surface area (Å²) in [4.78, 5) is 26.5. The second-order valence-electron chi connectivity index (χ2n) is 5.46. The highest BCUT2D eigenvalue weighted by atomic mass is 35.5. The minimum atomic E-state index is -1.07. The van der Waals surface area contributed by atoms with E-state index >= 15 is 0 Å². The van der Waals surface area contributed by atoms with Crippen molar-refractivity contribution in [3.63, 3.8) is 0 Å². The number of benzene rings is 1. The molecule has 0 saturated heterocycles. The van der Waals surface area contributed by atoms with Crippen molar-refractivity contribution in [3.8, 4) is 0 Å². The molecule has 1 rings (SSSR count). The summed E-state index contributed by atoms with van der Waals surface area (Å²) in [6.07, 6.45) is 0.761. The van der Waals surface area contributed by atoms with Gasteiger partial charge in [-0.15, -0.1) is 0 Å². The van der Waals surface area contributed by atoms with E-state index in [-0.39, 0.29) is 11.6 Å². The molecule has 1 aromatic rings. The lowest BCUT2D eigenvalue weighted by molar-refractivity contribution is -0.135. The van der Waals surface area contributed by atoms with Crippen LogP contribution in [0.2, 0.25) is 5.02 Å². The van der Waals surface area contributed by atoms with Crippen molar-refractivity contribution < 1.29 is 14.7 Å². The molecule has 0 unspecified atom stereocenters. The van der Waals surface area contributed by atoms with Crippen LogP contribution in [0, 0.1) is 0 Å². The minimum Gasteiger partial charge on any atom is -0.480 e. The summed E-state index contributed by atoms with van der Waals surface area (Å²) in [7, 11) is 1.68. The van der Waals surface area contributed by atoms with Gasteiger partial charge in [-0.1, -0.05) is 18.5 Å². The summed E-state index contributed by atoms with van der Waals surface area (Å²) in [5.74, 6) is -1.07. The Bertz CT molecular complexity index is 514. The Morgan fingerprint density at radius 2 is 1.76 bits per heavy atom. The van der Waals surface area contributed by atoms with Gasteiger partial charge in [0.25, 0.3) is 0 Å². The standard InChI is InChI=1S/C15H21ClN2O3/c1-5-15(2,3)17(4)14(21)18(10-13(19)20)12-8-6-11(16)7-9-12/h6-9H,5,10H2,1-4H3,(H,19,20). The quantitative estimate of drug-likeness (QED) is 0.905. The molecule has 6 heteroatoms. The molecule has 0 radical (unpaired) electrons. The van der Waals surface area contributed by atoms with E-state index in [0.717, 1.165) is 6.42 Å². The number of nitrogens with zero attached hydrogens (tertiary/aromatic N) is 2. The summed E-state index contributed by atoms with van der Waals surface area (Å²) in [6, 6.07) is 6.17. The molecular formula is C15H21ClN2O3. The van der Waals surface area contributed by atoms with E-state index in [1.165, 1.54) is 4.90 Å². The molecule has 0 fully saturated rings. The average Bonchev–Trinajstić information content (AvgIpc) is 2.44. The van der Waals surface area contributed by atoms with Crippen molar-refractivity contribution in [2.75, 3.05) is 18.5 Å². The highest BCUT2D eigenvalue weighted by Gasteiger charge is 2.30. The number of urea groups is 1. The fourth-order valence-electron chi connectivity index (χ4n) is 1.70. The Labute approximate surface area is 130 Å². The first-order chi connectivity index (χ1) is 9.69. The Morgan fingerprint density at radius 3 is 2.19 bits per heavy atom. The maximum atomic E-state index is 12.6. The summed E-state index contributed by atoms with van der Waals surface area (Å²) < 4.78 is 0. The van der Waals surface area contributed by atoms with Crippen molar-refractivity contribution >= 4 is 29.3 Å². The van der Waals surface area contributed by atoms with Crippen LogP contribution in [0.1, 0.15) is 27.2 Å². The van der Waals surface area contributed by atoms with Gasteiger partial charge in [0.1, 0.15) is 6.54 Å². The van der Waals surface area contributed by atoms with E-state index in [1.54, 1.807) is 36.2 Å². The zero-order valence-corrected chi connectivity index (χ0v) is 13.5. The van der Waals surface area contributed by atoms with Crippen molar-refractivity contribution in [1.82, 2.24) is 4.90 Å². The number of hydrogen-bond acceptors (Lipinski definition) is 2. The molecule has 0 bridgehead atoms. The van der Waals surface area contributed by atoms with Crippen LogP contribution in [0.15, 0.2) is 24.3 Å². The third-order valence-corrected chi connectivity index (χ3v) is 3.97. The van der Waals surface area contributed by atoms with E-state index in [4.69, 9.17) is 16.7 Å². The van der Waals surface area contributed by atoms with Crippen LogP contribution in [0.4, 0.5) is 10.5 Å². The Morgan fingerprint density at radius 1 is 1.24 bits per heavy atom. The monoisotopic (exact) mass is 312 g/mol. The van der Waals surface area contributed by atoms with E-state index in [2.05, 4.69) is 0 Å². The number of carboxylic acid groups (broad SMARTS) is 1. The smallest absolute Gasteiger partial charge is 0.325 e. The maximum absolute atomic E-state index is 12.6. The van der Waals surface area contributed by atoms with Crippen LogP contribution in [0.25, 0.3) is 0 Å². The molecule has 5 nitrogen and oxygen atoms in total. The van der Waals surface area contributed by atoms with Crippen molar-refractivity contribution in [1.29, 1.82) is 0 Å². The molecule has 21 heavy (non-hydrogen) atoms. The normalized spacial score (nSPS) is 11.1. The minimum absolute atomic E-state index is 0.355. The predicted octanol–water partition coefficient (Wildman–Crippen LogP) is 3.47. The van der Waals surface area contributed by atoms with Crippen LogP contribution in [-0.2, 0) is 4.79 Å². The lowest BCUT2D eigenvalue weighted by Crippen LogP contribution is -2.52. The van der Waals surface area contributed by atoms with Gasteiger partial charge >= 0.3 is 12.0 Å². The number of anilines is 1. The molecule has 0 aliphatic heterocycles. The molecule has 0 saturated carbocycles. The lowest BCUT2D eigenvalue weighted by Gasteiger charge is -2.38. The molecule has 2 amide bonds. The number of carboxylic acids is 1. The van der Waals surface area contributed by atoms with Gasteiger partial charge in [-0.3, -0.25) is 9.69 Å². The van der Waals surface area contributed by atoms with Gasteiger partial charge in [0.2, 0.25) is 0 Å². The Kier molecular flexibility index (Phi) is 5.61. The molecule has 0 atom stereocenters. The number of carbonyl (C=O) groups is 2. The van der Waals surface area contributed by atoms with Gasteiger partial charge < -0.3 is 10.0 Å².